The summed E-state index contributed by atoms with van der Waals surface area (Å²) in [6.07, 6.45) is 1.83. The van der Waals surface area contributed by atoms with Crippen LogP contribution in [-0.2, 0) is 5.75 Å². The quantitative estimate of drug-likeness (QED) is 0.727. The number of thioether (sulfide) groups is 1. The molecule has 0 fully saturated rings. The Bertz CT molecular complexity index is 513. The lowest BCUT2D eigenvalue weighted by Crippen LogP contribution is -1.87. The van der Waals surface area contributed by atoms with Gasteiger partial charge in [-0.1, -0.05) is 23.7 Å². The van der Waals surface area contributed by atoms with Gasteiger partial charge in [-0.3, -0.25) is 0 Å². The number of hydrogen-bond donors (Lipinski definition) is 0. The molecule has 0 aliphatic rings. The molecule has 1 nitrogen and oxygen atoms in total. The number of rotatable bonds is 3. The minimum atomic E-state index is 0.775. The molecule has 88 valence electrons. The molecule has 0 aliphatic carbocycles. The van der Waals surface area contributed by atoms with E-state index in [1.165, 1.54) is 11.1 Å². The standard InChI is InChI=1S/C13H11BrClNS/c1-9-6-11(14)7-16-13(9)17-8-10-2-4-12(15)5-3-10/h2-7H,8H2,1H3. The average molecular weight is 329 g/mol. The Morgan fingerprint density at radius 3 is 2.65 bits per heavy atom. The van der Waals surface area contributed by atoms with E-state index in [0.29, 0.717) is 0 Å². The summed E-state index contributed by atoms with van der Waals surface area (Å²) in [6, 6.07) is 10.0. The van der Waals surface area contributed by atoms with Crippen LogP contribution in [-0.4, -0.2) is 4.98 Å². The van der Waals surface area contributed by atoms with Crippen molar-refractivity contribution in [3.8, 4) is 0 Å². The maximum atomic E-state index is 5.85. The maximum Gasteiger partial charge on any atom is 0.0993 e. The fraction of sp³-hybridized carbons (Fsp3) is 0.154. The predicted molar refractivity (Wildman–Crippen MR) is 77.7 cm³/mol. The number of nitrogens with zero attached hydrogens (tertiary/aromatic N) is 1. The van der Waals surface area contributed by atoms with Crippen LogP contribution in [0.1, 0.15) is 11.1 Å². The summed E-state index contributed by atoms with van der Waals surface area (Å²) in [4.78, 5) is 4.40. The Morgan fingerprint density at radius 2 is 2.00 bits per heavy atom. The predicted octanol–water partition coefficient (Wildman–Crippen LogP) is 5.10. The van der Waals surface area contributed by atoms with Crippen molar-refractivity contribution in [1.29, 1.82) is 0 Å². The molecular formula is C13H11BrClNS. The minimum Gasteiger partial charge on any atom is -0.248 e. The van der Waals surface area contributed by atoms with Crippen molar-refractivity contribution in [2.24, 2.45) is 0 Å². The van der Waals surface area contributed by atoms with Crippen molar-refractivity contribution in [2.45, 2.75) is 17.7 Å². The number of benzene rings is 1. The van der Waals surface area contributed by atoms with Gasteiger partial charge in [0.25, 0.3) is 0 Å². The molecule has 0 amide bonds. The Hall–Kier alpha value is -0.510. The molecule has 0 N–H and O–H groups in total. The second-order valence-corrected chi connectivity index (χ2v) is 6.01. The SMILES string of the molecule is Cc1cc(Br)cnc1SCc1ccc(Cl)cc1. The summed E-state index contributed by atoms with van der Waals surface area (Å²) in [5.74, 6) is 0.909. The second-order valence-electron chi connectivity index (χ2n) is 3.69. The molecule has 2 rings (SSSR count). The van der Waals surface area contributed by atoms with Crippen molar-refractivity contribution < 1.29 is 0 Å². The van der Waals surface area contributed by atoms with E-state index in [2.05, 4.69) is 33.9 Å². The lowest BCUT2D eigenvalue weighted by molar-refractivity contribution is 1.07. The fourth-order valence-corrected chi connectivity index (χ4v) is 2.89. The number of aromatic nitrogens is 1. The van der Waals surface area contributed by atoms with E-state index in [-0.39, 0.29) is 0 Å². The third-order valence-electron chi connectivity index (χ3n) is 2.29. The van der Waals surface area contributed by atoms with Gasteiger partial charge in [-0.15, -0.1) is 11.8 Å². The molecule has 0 saturated heterocycles. The molecule has 0 radical (unpaired) electrons. The molecular weight excluding hydrogens is 318 g/mol. The zero-order valence-electron chi connectivity index (χ0n) is 9.28. The third kappa shape index (κ3) is 3.73. The van der Waals surface area contributed by atoms with Gasteiger partial charge < -0.3 is 0 Å². The van der Waals surface area contributed by atoms with Crippen molar-refractivity contribution in [2.75, 3.05) is 0 Å². The van der Waals surface area contributed by atoms with Crippen LogP contribution >= 0.6 is 39.3 Å². The van der Waals surface area contributed by atoms with Crippen LogP contribution in [0.25, 0.3) is 0 Å². The molecule has 17 heavy (non-hydrogen) atoms. The van der Waals surface area contributed by atoms with Crippen molar-refractivity contribution >= 4 is 39.3 Å². The zero-order valence-corrected chi connectivity index (χ0v) is 12.4. The average Bonchev–Trinajstić information content (AvgIpc) is 2.30. The van der Waals surface area contributed by atoms with Crippen LogP contribution in [0.3, 0.4) is 0 Å². The largest absolute Gasteiger partial charge is 0.248 e. The first-order chi connectivity index (χ1) is 8.15. The molecule has 0 spiro atoms. The minimum absolute atomic E-state index is 0.775. The Labute approximate surface area is 119 Å². The van der Waals surface area contributed by atoms with E-state index < -0.39 is 0 Å². The van der Waals surface area contributed by atoms with E-state index >= 15 is 0 Å². The van der Waals surface area contributed by atoms with Crippen LogP contribution in [0, 0.1) is 6.92 Å². The summed E-state index contributed by atoms with van der Waals surface area (Å²) in [7, 11) is 0. The number of pyridine rings is 1. The molecule has 0 atom stereocenters. The molecule has 0 bridgehead atoms. The molecule has 4 heteroatoms. The second kappa shape index (κ2) is 5.89. The van der Waals surface area contributed by atoms with Crippen molar-refractivity contribution in [3.05, 3.63) is 57.2 Å². The normalized spacial score (nSPS) is 10.5. The highest BCUT2D eigenvalue weighted by Gasteiger charge is 2.02. The lowest BCUT2D eigenvalue weighted by atomic mass is 10.2. The van der Waals surface area contributed by atoms with Gasteiger partial charge in [0.2, 0.25) is 0 Å². The van der Waals surface area contributed by atoms with Crippen LogP contribution in [0.4, 0.5) is 0 Å². The topological polar surface area (TPSA) is 12.9 Å². The van der Waals surface area contributed by atoms with Crippen molar-refractivity contribution in [1.82, 2.24) is 4.98 Å². The van der Waals surface area contributed by atoms with Crippen LogP contribution < -0.4 is 0 Å². The third-order valence-corrected chi connectivity index (χ3v) is 4.15. The van der Waals surface area contributed by atoms with Gasteiger partial charge in [-0.2, -0.15) is 0 Å². The summed E-state index contributed by atoms with van der Waals surface area (Å²) in [5, 5.41) is 1.85. The first kappa shape index (κ1) is 12.9. The smallest absolute Gasteiger partial charge is 0.0993 e. The van der Waals surface area contributed by atoms with Gasteiger partial charge in [0.15, 0.2) is 0 Å². The maximum absolute atomic E-state index is 5.85. The van der Waals surface area contributed by atoms with Gasteiger partial charge in [-0.05, 0) is 52.2 Å². The molecule has 2 aromatic rings. The van der Waals surface area contributed by atoms with Gasteiger partial charge in [0.1, 0.15) is 0 Å². The summed E-state index contributed by atoms with van der Waals surface area (Å²) >= 11 is 11.0. The monoisotopic (exact) mass is 327 g/mol. The molecule has 0 unspecified atom stereocenters. The fourth-order valence-electron chi connectivity index (χ4n) is 1.41. The Morgan fingerprint density at radius 1 is 1.29 bits per heavy atom. The first-order valence-electron chi connectivity index (χ1n) is 5.14. The summed E-state index contributed by atoms with van der Waals surface area (Å²) in [5.41, 5.74) is 2.45. The lowest BCUT2D eigenvalue weighted by Gasteiger charge is -2.05. The van der Waals surface area contributed by atoms with E-state index in [1.807, 2.05) is 30.5 Å². The molecule has 1 aromatic heterocycles. The first-order valence-corrected chi connectivity index (χ1v) is 7.30. The summed E-state index contributed by atoms with van der Waals surface area (Å²) < 4.78 is 1.02. The van der Waals surface area contributed by atoms with Gasteiger partial charge in [0.05, 0.1) is 5.03 Å². The number of halogens is 2. The van der Waals surface area contributed by atoms with Gasteiger partial charge in [-0.25, -0.2) is 4.98 Å². The number of aryl methyl sites for hydroxylation is 1. The van der Waals surface area contributed by atoms with E-state index in [0.717, 1.165) is 20.3 Å². The zero-order chi connectivity index (χ0) is 12.3. The van der Waals surface area contributed by atoms with E-state index in [4.69, 9.17) is 11.6 Å². The Balaban J connectivity index is 2.04. The molecule has 0 saturated carbocycles. The summed E-state index contributed by atoms with van der Waals surface area (Å²) in [6.45, 7) is 2.07. The van der Waals surface area contributed by atoms with Crippen LogP contribution in [0.15, 0.2) is 46.0 Å². The van der Waals surface area contributed by atoms with E-state index in [1.54, 1.807) is 11.8 Å². The highest BCUT2D eigenvalue weighted by molar-refractivity contribution is 9.10. The van der Waals surface area contributed by atoms with Gasteiger partial charge >= 0.3 is 0 Å². The van der Waals surface area contributed by atoms with E-state index in [9.17, 15) is 0 Å². The molecule has 1 aromatic carbocycles. The molecule has 0 aliphatic heterocycles. The number of hydrogen-bond acceptors (Lipinski definition) is 2. The Kier molecular flexibility index (Phi) is 4.48. The van der Waals surface area contributed by atoms with Crippen LogP contribution in [0.5, 0.6) is 0 Å². The van der Waals surface area contributed by atoms with Crippen LogP contribution in [0.2, 0.25) is 5.02 Å². The highest BCUT2D eigenvalue weighted by Crippen LogP contribution is 2.26. The highest BCUT2D eigenvalue weighted by atomic mass is 79.9. The van der Waals surface area contributed by atoms with Gasteiger partial charge in [0, 0.05) is 21.4 Å². The molecule has 1 heterocycles. The van der Waals surface area contributed by atoms with Crippen molar-refractivity contribution in [3.63, 3.8) is 0 Å².